The van der Waals surface area contributed by atoms with Gasteiger partial charge in [-0.15, -0.1) is 0 Å². The molecule has 8 heteroatoms. The summed E-state index contributed by atoms with van der Waals surface area (Å²) in [7, 11) is 0. The third-order valence-corrected chi connectivity index (χ3v) is 4.05. The largest absolute Gasteiger partial charge is 0.365 e. The van der Waals surface area contributed by atoms with Crippen molar-refractivity contribution in [2.45, 2.75) is 19.9 Å². The lowest BCUT2D eigenvalue weighted by Gasteiger charge is -2.24. The molecule has 1 aromatic carbocycles. The maximum absolute atomic E-state index is 11.9. The van der Waals surface area contributed by atoms with Gasteiger partial charge in [0.1, 0.15) is 11.9 Å². The molecule has 0 spiro atoms. The van der Waals surface area contributed by atoms with E-state index < -0.39 is 5.91 Å². The van der Waals surface area contributed by atoms with E-state index in [0.717, 1.165) is 10.9 Å². The Balaban J connectivity index is 2.10. The van der Waals surface area contributed by atoms with Gasteiger partial charge in [0, 0.05) is 23.3 Å². The Morgan fingerprint density at radius 3 is 2.74 bits per heavy atom. The van der Waals surface area contributed by atoms with Gasteiger partial charge in [0.05, 0.1) is 16.6 Å². The molecule has 136 valence electrons. The van der Waals surface area contributed by atoms with Gasteiger partial charge in [-0.05, 0) is 44.2 Å². The van der Waals surface area contributed by atoms with Gasteiger partial charge in [0.25, 0.3) is 5.91 Å². The molecule has 0 aliphatic rings. The number of carbonyl (C=O) groups excluding carboxylic acids is 1. The van der Waals surface area contributed by atoms with Crippen LogP contribution in [0.15, 0.2) is 42.6 Å². The third kappa shape index (κ3) is 3.63. The van der Waals surface area contributed by atoms with Crippen LogP contribution in [0.25, 0.3) is 10.9 Å². The van der Waals surface area contributed by atoms with E-state index >= 15 is 0 Å². The van der Waals surface area contributed by atoms with E-state index in [9.17, 15) is 10.1 Å². The quantitative estimate of drug-likeness (QED) is 0.469. The highest BCUT2D eigenvalue weighted by Crippen LogP contribution is 2.27. The number of pyridine rings is 2. The van der Waals surface area contributed by atoms with E-state index in [4.69, 9.17) is 11.6 Å². The fourth-order valence-electron chi connectivity index (χ4n) is 2.60. The highest BCUT2D eigenvalue weighted by Gasteiger charge is 2.20. The number of amides is 1. The molecular weight excluding hydrogens is 342 g/mol. The van der Waals surface area contributed by atoms with Crippen LogP contribution in [0.5, 0.6) is 0 Å². The first kappa shape index (κ1) is 18.1. The number of hydrazine groups is 1. The zero-order valence-electron chi connectivity index (χ0n) is 15.0. The Morgan fingerprint density at radius 1 is 1.30 bits per heavy atom. The van der Waals surface area contributed by atoms with E-state index in [2.05, 4.69) is 15.3 Å². The normalized spacial score (nSPS) is 10.6. The predicted octanol–water partition coefficient (Wildman–Crippen LogP) is 2.43. The molecule has 2 aromatic heterocycles. The summed E-state index contributed by atoms with van der Waals surface area (Å²) in [5, 5.41) is 14.8. The Labute approximate surface area is 156 Å². The van der Waals surface area contributed by atoms with Crippen LogP contribution in [-0.2, 0) is 0 Å². The van der Waals surface area contributed by atoms with Crippen LogP contribution in [0.4, 0.5) is 17.3 Å². The van der Waals surface area contributed by atoms with Crippen molar-refractivity contribution < 1.29 is 4.79 Å². The first-order valence-electron chi connectivity index (χ1n) is 8.31. The number of primary amides is 1. The molecule has 27 heavy (non-hydrogen) atoms. The molecule has 0 radical (unpaired) electrons. The standard InChI is InChI=1S/C19H19N7O/c1-11(2)26(22)19-13(10-20)9-15(17(21)27)18(25-19)24-14-5-6-16-12(8-14)4-3-7-23-16/h3-9,11H,22H2,1-2H3,(H2,21,27)(H,24,25). The maximum Gasteiger partial charge on any atom is 0.252 e. The number of nitrogens with one attached hydrogen (secondary N) is 1. The molecule has 8 nitrogen and oxygen atoms in total. The number of aromatic nitrogens is 2. The minimum atomic E-state index is -0.691. The van der Waals surface area contributed by atoms with Gasteiger partial charge in [-0.25, -0.2) is 10.8 Å². The minimum Gasteiger partial charge on any atom is -0.365 e. The molecule has 0 aliphatic carbocycles. The van der Waals surface area contributed by atoms with Crippen LogP contribution in [0.1, 0.15) is 29.8 Å². The van der Waals surface area contributed by atoms with Crippen molar-refractivity contribution in [1.82, 2.24) is 9.97 Å². The maximum atomic E-state index is 11.9. The van der Waals surface area contributed by atoms with Gasteiger partial charge in [-0.1, -0.05) is 6.07 Å². The van der Waals surface area contributed by atoms with Gasteiger partial charge >= 0.3 is 0 Å². The molecule has 0 saturated heterocycles. The number of nitriles is 1. The molecule has 0 aliphatic heterocycles. The molecule has 0 unspecified atom stereocenters. The average molecular weight is 361 g/mol. The van der Waals surface area contributed by atoms with Gasteiger partial charge in [0.2, 0.25) is 0 Å². The van der Waals surface area contributed by atoms with Crippen molar-refractivity contribution in [3.8, 4) is 6.07 Å². The second kappa shape index (κ2) is 7.27. The highest BCUT2D eigenvalue weighted by atomic mass is 16.1. The number of carbonyl (C=O) groups is 1. The van der Waals surface area contributed by atoms with Crippen molar-refractivity contribution in [1.29, 1.82) is 5.26 Å². The number of hydrogen-bond acceptors (Lipinski definition) is 7. The van der Waals surface area contributed by atoms with Crippen molar-refractivity contribution in [2.24, 2.45) is 11.6 Å². The first-order chi connectivity index (χ1) is 12.9. The highest BCUT2D eigenvalue weighted by molar-refractivity contribution is 5.99. The Hall–Kier alpha value is -3.70. The molecule has 3 aromatic rings. The van der Waals surface area contributed by atoms with Crippen molar-refractivity contribution in [3.05, 3.63) is 53.7 Å². The molecule has 2 heterocycles. The number of hydrogen-bond donors (Lipinski definition) is 3. The van der Waals surface area contributed by atoms with Gasteiger partial charge < -0.3 is 11.1 Å². The SMILES string of the molecule is CC(C)N(N)c1nc(Nc2ccc3ncccc3c2)c(C(N)=O)cc1C#N. The Bertz CT molecular complexity index is 1060. The molecule has 5 N–H and O–H groups in total. The van der Waals surface area contributed by atoms with Crippen molar-refractivity contribution in [3.63, 3.8) is 0 Å². The van der Waals surface area contributed by atoms with Gasteiger partial charge in [-0.3, -0.25) is 14.8 Å². The van der Waals surface area contributed by atoms with E-state index in [1.807, 2.05) is 50.2 Å². The minimum absolute atomic E-state index is 0.0939. The van der Waals surface area contributed by atoms with Crippen molar-refractivity contribution >= 4 is 34.1 Å². The van der Waals surface area contributed by atoms with Crippen molar-refractivity contribution in [2.75, 3.05) is 10.3 Å². The van der Waals surface area contributed by atoms with Crippen LogP contribution in [0.2, 0.25) is 0 Å². The van der Waals surface area contributed by atoms with Gasteiger partial charge in [0.15, 0.2) is 5.82 Å². The van der Waals surface area contributed by atoms with Crippen LogP contribution < -0.4 is 21.9 Å². The number of nitrogens with zero attached hydrogens (tertiary/aromatic N) is 4. The summed E-state index contributed by atoms with van der Waals surface area (Å²) in [6, 6.07) is 12.7. The third-order valence-electron chi connectivity index (χ3n) is 4.05. The van der Waals surface area contributed by atoms with Crippen LogP contribution >= 0.6 is 0 Å². The summed E-state index contributed by atoms with van der Waals surface area (Å²) >= 11 is 0. The Morgan fingerprint density at radius 2 is 2.07 bits per heavy atom. The number of anilines is 3. The zero-order valence-corrected chi connectivity index (χ0v) is 15.0. The number of nitrogens with two attached hydrogens (primary N) is 2. The average Bonchev–Trinajstić information content (AvgIpc) is 2.66. The molecule has 3 rings (SSSR count). The second-order valence-corrected chi connectivity index (χ2v) is 6.27. The lowest BCUT2D eigenvalue weighted by Crippen LogP contribution is -2.39. The molecule has 1 amide bonds. The molecule has 0 fully saturated rings. The topological polar surface area (TPSA) is 134 Å². The van der Waals surface area contributed by atoms with Gasteiger partial charge in [-0.2, -0.15) is 5.26 Å². The summed E-state index contributed by atoms with van der Waals surface area (Å²) in [6.45, 7) is 3.74. The molecule has 0 atom stereocenters. The fraction of sp³-hybridized carbons (Fsp3) is 0.158. The number of fused-ring (bicyclic) bond motifs is 1. The first-order valence-corrected chi connectivity index (χ1v) is 8.31. The van der Waals surface area contributed by atoms with E-state index in [1.165, 1.54) is 11.1 Å². The monoisotopic (exact) mass is 361 g/mol. The van der Waals surface area contributed by atoms with E-state index in [0.29, 0.717) is 5.69 Å². The second-order valence-electron chi connectivity index (χ2n) is 6.27. The molecule has 0 saturated carbocycles. The van der Waals surface area contributed by atoms with E-state index in [1.54, 1.807) is 6.20 Å². The molecule has 0 bridgehead atoms. The fourth-order valence-corrected chi connectivity index (χ4v) is 2.60. The van der Waals surface area contributed by atoms with E-state index in [-0.39, 0.29) is 28.8 Å². The number of benzene rings is 1. The lowest BCUT2D eigenvalue weighted by atomic mass is 10.1. The summed E-state index contributed by atoms with van der Waals surface area (Å²) in [5.74, 6) is 5.85. The summed E-state index contributed by atoms with van der Waals surface area (Å²) < 4.78 is 0. The Kier molecular flexibility index (Phi) is 4.88. The summed E-state index contributed by atoms with van der Waals surface area (Å²) in [5.41, 5.74) is 7.32. The summed E-state index contributed by atoms with van der Waals surface area (Å²) in [6.07, 6.45) is 1.72. The predicted molar refractivity (Wildman–Crippen MR) is 104 cm³/mol. The van der Waals surface area contributed by atoms with Crippen LogP contribution in [0, 0.1) is 11.3 Å². The van der Waals surface area contributed by atoms with Crippen LogP contribution in [-0.4, -0.2) is 21.9 Å². The smallest absolute Gasteiger partial charge is 0.252 e. The summed E-state index contributed by atoms with van der Waals surface area (Å²) in [4.78, 5) is 20.6. The zero-order chi connectivity index (χ0) is 19.6. The lowest BCUT2D eigenvalue weighted by molar-refractivity contribution is 0.100. The number of rotatable bonds is 5. The van der Waals surface area contributed by atoms with Crippen LogP contribution in [0.3, 0.4) is 0 Å². The molecular formula is C19H19N7O.